The van der Waals surface area contributed by atoms with Crippen LogP contribution in [0.15, 0.2) is 24.4 Å². The molecule has 2 N–H and O–H groups in total. The van der Waals surface area contributed by atoms with E-state index in [1.807, 2.05) is 32.2 Å². The van der Waals surface area contributed by atoms with Crippen LogP contribution < -0.4 is 5.32 Å². The standard InChI is InChI=1S/C22H29ClN6O3S/c1-13-12-29(33(5,31)32)9-8-17(13)25-21-24-11-16(23)19(26-21)14-6-7-18-15(10-14)20(22(2,3)30)28(4)27-18/h6-7,10-11,13,17,30H,8-9,12H2,1-5H3,(H,24,25,26)/t13-,17-/m1/s1. The van der Waals surface area contributed by atoms with Gasteiger partial charge >= 0.3 is 0 Å². The fourth-order valence-corrected chi connectivity index (χ4v) is 5.64. The summed E-state index contributed by atoms with van der Waals surface area (Å²) in [6.07, 6.45) is 3.46. The molecule has 1 aromatic carbocycles. The molecule has 9 nitrogen and oxygen atoms in total. The van der Waals surface area contributed by atoms with Crippen molar-refractivity contribution in [3.05, 3.63) is 35.1 Å². The van der Waals surface area contributed by atoms with Gasteiger partial charge in [0.2, 0.25) is 16.0 Å². The minimum atomic E-state index is -3.20. The molecule has 3 aromatic rings. The molecule has 0 spiro atoms. The molecule has 1 saturated heterocycles. The molecule has 3 heterocycles. The number of rotatable bonds is 5. The maximum atomic E-state index is 11.9. The molecule has 0 unspecified atom stereocenters. The van der Waals surface area contributed by atoms with Gasteiger partial charge in [0, 0.05) is 37.1 Å². The van der Waals surface area contributed by atoms with Crippen molar-refractivity contribution in [1.29, 1.82) is 0 Å². The van der Waals surface area contributed by atoms with Crippen LogP contribution in [-0.4, -0.2) is 63.0 Å². The minimum absolute atomic E-state index is 0.0413. The van der Waals surface area contributed by atoms with Crippen LogP contribution in [0.3, 0.4) is 0 Å². The molecule has 0 saturated carbocycles. The molecule has 0 radical (unpaired) electrons. The van der Waals surface area contributed by atoms with Gasteiger partial charge in [-0.1, -0.05) is 24.6 Å². The van der Waals surface area contributed by atoms with Crippen molar-refractivity contribution in [1.82, 2.24) is 24.1 Å². The Morgan fingerprint density at radius 3 is 2.67 bits per heavy atom. The van der Waals surface area contributed by atoms with Crippen molar-refractivity contribution in [2.45, 2.75) is 38.8 Å². The number of benzene rings is 1. The van der Waals surface area contributed by atoms with E-state index in [-0.39, 0.29) is 12.0 Å². The van der Waals surface area contributed by atoms with Crippen LogP contribution in [0.1, 0.15) is 32.9 Å². The molecule has 2 aromatic heterocycles. The Bertz CT molecular complexity index is 1300. The predicted octanol–water partition coefficient (Wildman–Crippen LogP) is 2.99. The highest BCUT2D eigenvalue weighted by molar-refractivity contribution is 7.88. The van der Waals surface area contributed by atoms with Crippen molar-refractivity contribution >= 4 is 38.5 Å². The topological polar surface area (TPSA) is 113 Å². The van der Waals surface area contributed by atoms with Crippen LogP contribution in [0.2, 0.25) is 5.02 Å². The lowest BCUT2D eigenvalue weighted by Gasteiger charge is -2.35. The first-order valence-corrected chi connectivity index (χ1v) is 13.0. The molecule has 0 amide bonds. The van der Waals surface area contributed by atoms with E-state index in [0.717, 1.165) is 16.5 Å². The van der Waals surface area contributed by atoms with Crippen molar-refractivity contribution in [3.8, 4) is 11.3 Å². The first kappa shape index (κ1) is 23.9. The summed E-state index contributed by atoms with van der Waals surface area (Å²) in [7, 11) is -1.39. The average Bonchev–Trinajstić information content (AvgIpc) is 3.05. The van der Waals surface area contributed by atoms with Gasteiger partial charge in [-0.2, -0.15) is 5.10 Å². The summed E-state index contributed by atoms with van der Waals surface area (Å²) in [5.74, 6) is 0.533. The molecule has 4 rings (SSSR count). The summed E-state index contributed by atoms with van der Waals surface area (Å²) in [5.41, 5.74) is 1.77. The highest BCUT2D eigenvalue weighted by atomic mass is 35.5. The second kappa shape index (κ2) is 8.50. The molecule has 33 heavy (non-hydrogen) atoms. The van der Waals surface area contributed by atoms with Gasteiger partial charge in [-0.05, 0) is 38.3 Å². The van der Waals surface area contributed by atoms with E-state index in [2.05, 4.69) is 20.4 Å². The number of nitrogens with zero attached hydrogens (tertiary/aromatic N) is 5. The Hall–Kier alpha value is -2.27. The Labute approximate surface area is 198 Å². The molecule has 178 valence electrons. The summed E-state index contributed by atoms with van der Waals surface area (Å²) in [6.45, 7) is 6.38. The number of fused-ring (bicyclic) bond motifs is 1. The van der Waals surface area contributed by atoms with Gasteiger partial charge in [0.05, 0.1) is 34.4 Å². The zero-order valence-electron chi connectivity index (χ0n) is 19.4. The molecular formula is C22H29ClN6O3S. The van der Waals surface area contributed by atoms with Gasteiger partial charge < -0.3 is 10.4 Å². The minimum Gasteiger partial charge on any atom is -0.384 e. The second-order valence-corrected chi connectivity index (χ2v) is 11.7. The molecule has 11 heteroatoms. The van der Waals surface area contributed by atoms with Crippen molar-refractivity contribution in [2.24, 2.45) is 13.0 Å². The summed E-state index contributed by atoms with van der Waals surface area (Å²) in [6, 6.07) is 5.75. The van der Waals surface area contributed by atoms with Crippen LogP contribution in [0.4, 0.5) is 5.95 Å². The normalized spacial score (nSPS) is 20.3. The summed E-state index contributed by atoms with van der Waals surface area (Å²) in [4.78, 5) is 9.01. The lowest BCUT2D eigenvalue weighted by molar-refractivity contribution is 0.0711. The molecule has 0 bridgehead atoms. The van der Waals surface area contributed by atoms with Crippen LogP contribution in [0.25, 0.3) is 22.2 Å². The van der Waals surface area contributed by atoms with E-state index < -0.39 is 15.6 Å². The number of nitrogens with one attached hydrogen (secondary N) is 1. The van der Waals surface area contributed by atoms with Crippen LogP contribution in [0.5, 0.6) is 0 Å². The van der Waals surface area contributed by atoms with E-state index in [4.69, 9.17) is 11.6 Å². The molecule has 1 fully saturated rings. The highest BCUT2D eigenvalue weighted by Gasteiger charge is 2.31. The van der Waals surface area contributed by atoms with E-state index in [9.17, 15) is 13.5 Å². The lowest BCUT2D eigenvalue weighted by Crippen LogP contribution is -2.47. The number of hydrogen-bond acceptors (Lipinski definition) is 7. The monoisotopic (exact) mass is 492 g/mol. The van der Waals surface area contributed by atoms with Crippen molar-refractivity contribution in [3.63, 3.8) is 0 Å². The van der Waals surface area contributed by atoms with Crippen LogP contribution >= 0.6 is 11.6 Å². The third-order valence-corrected chi connectivity index (χ3v) is 7.63. The number of piperidine rings is 1. The van der Waals surface area contributed by atoms with E-state index in [1.165, 1.54) is 10.6 Å². The van der Waals surface area contributed by atoms with Gasteiger partial charge in [0.15, 0.2) is 0 Å². The summed E-state index contributed by atoms with van der Waals surface area (Å²) >= 11 is 6.46. The first-order valence-electron chi connectivity index (χ1n) is 10.8. The number of hydrogen-bond donors (Lipinski definition) is 2. The Morgan fingerprint density at radius 2 is 2.03 bits per heavy atom. The Balaban J connectivity index is 1.64. The average molecular weight is 493 g/mol. The second-order valence-electron chi connectivity index (χ2n) is 9.29. The van der Waals surface area contributed by atoms with Gasteiger partial charge in [0.25, 0.3) is 0 Å². The molecule has 2 atom stereocenters. The van der Waals surface area contributed by atoms with Gasteiger partial charge in [-0.3, -0.25) is 4.68 Å². The van der Waals surface area contributed by atoms with Crippen molar-refractivity contribution < 1.29 is 13.5 Å². The number of sulfonamides is 1. The van der Waals surface area contributed by atoms with E-state index in [0.29, 0.717) is 41.9 Å². The zero-order chi connectivity index (χ0) is 24.1. The Morgan fingerprint density at radius 1 is 1.30 bits per heavy atom. The third-order valence-electron chi connectivity index (χ3n) is 6.08. The number of aliphatic hydroxyl groups is 1. The highest BCUT2D eigenvalue weighted by Crippen LogP contribution is 2.33. The third kappa shape index (κ3) is 4.84. The van der Waals surface area contributed by atoms with Gasteiger partial charge in [-0.15, -0.1) is 0 Å². The number of aromatic nitrogens is 4. The molecule has 0 aliphatic carbocycles. The molecular weight excluding hydrogens is 464 g/mol. The quantitative estimate of drug-likeness (QED) is 0.562. The number of aryl methyl sites for hydroxylation is 1. The zero-order valence-corrected chi connectivity index (χ0v) is 20.9. The maximum absolute atomic E-state index is 11.9. The van der Waals surface area contributed by atoms with Crippen LogP contribution in [0, 0.1) is 5.92 Å². The lowest BCUT2D eigenvalue weighted by atomic mass is 9.95. The molecule has 1 aliphatic heterocycles. The predicted molar refractivity (Wildman–Crippen MR) is 130 cm³/mol. The van der Waals surface area contributed by atoms with E-state index in [1.54, 1.807) is 24.7 Å². The largest absolute Gasteiger partial charge is 0.384 e. The molecule has 1 aliphatic rings. The fraction of sp³-hybridized carbons (Fsp3) is 0.500. The van der Waals surface area contributed by atoms with Gasteiger partial charge in [-0.25, -0.2) is 22.7 Å². The van der Waals surface area contributed by atoms with E-state index >= 15 is 0 Å². The number of anilines is 1. The first-order chi connectivity index (χ1) is 15.3. The SMILES string of the molecule is C[C@@H]1CN(S(C)(=O)=O)CC[C@H]1Nc1ncc(Cl)c(-c2ccc3nn(C)c(C(C)(C)O)c3c2)n1. The maximum Gasteiger partial charge on any atom is 0.223 e. The summed E-state index contributed by atoms with van der Waals surface area (Å²) in [5, 5.41) is 19.7. The summed E-state index contributed by atoms with van der Waals surface area (Å²) < 4.78 is 26.9. The Kier molecular flexibility index (Phi) is 6.15. The van der Waals surface area contributed by atoms with Gasteiger partial charge in [0.1, 0.15) is 5.60 Å². The van der Waals surface area contributed by atoms with Crippen molar-refractivity contribution in [2.75, 3.05) is 24.7 Å². The van der Waals surface area contributed by atoms with Crippen LogP contribution in [-0.2, 0) is 22.7 Å². The smallest absolute Gasteiger partial charge is 0.223 e. The number of halogens is 1. The fourth-order valence-electron chi connectivity index (χ4n) is 4.50.